The van der Waals surface area contributed by atoms with Gasteiger partial charge in [-0.3, -0.25) is 9.78 Å². The maximum absolute atomic E-state index is 11.9. The summed E-state index contributed by atoms with van der Waals surface area (Å²) in [6, 6.07) is 5.25. The first-order valence-electron chi connectivity index (χ1n) is 7.27. The molecule has 0 aliphatic carbocycles. The number of rotatable bonds is 5. The predicted octanol–water partition coefficient (Wildman–Crippen LogP) is 3.08. The molecule has 24 heavy (non-hydrogen) atoms. The molecular weight excluding hydrogens is 367 g/mol. The Balaban J connectivity index is 0.00000264. The van der Waals surface area contributed by atoms with E-state index in [0.29, 0.717) is 13.0 Å². The van der Waals surface area contributed by atoms with E-state index >= 15 is 0 Å². The van der Waals surface area contributed by atoms with Crippen LogP contribution in [0.2, 0.25) is 0 Å². The smallest absolute Gasteiger partial charge is 0.237 e. The number of hydrogen-bond donors (Lipinski definition) is 2. The summed E-state index contributed by atoms with van der Waals surface area (Å²) in [7, 11) is 0. The Hall–Kier alpha value is -1.21. The molecule has 1 amide bonds. The minimum Gasteiger partial charge on any atom is -0.354 e. The van der Waals surface area contributed by atoms with Crippen LogP contribution in [-0.4, -0.2) is 28.5 Å². The average Bonchev–Trinajstić information content (AvgIpc) is 2.95. The van der Waals surface area contributed by atoms with E-state index in [2.05, 4.69) is 15.3 Å². The van der Waals surface area contributed by atoms with Gasteiger partial charge in [-0.15, -0.1) is 36.2 Å². The summed E-state index contributed by atoms with van der Waals surface area (Å²) in [5.74, 6) is -0.117. The number of pyridine rings is 1. The number of nitrogens with two attached hydrogens (primary N) is 1. The predicted molar refractivity (Wildman–Crippen MR) is 104 cm³/mol. The van der Waals surface area contributed by atoms with Crippen LogP contribution in [-0.2, 0) is 11.2 Å². The van der Waals surface area contributed by atoms with Crippen molar-refractivity contribution in [2.75, 3.05) is 6.54 Å². The zero-order chi connectivity index (χ0) is 16.2. The van der Waals surface area contributed by atoms with Gasteiger partial charge in [0.05, 0.1) is 22.4 Å². The van der Waals surface area contributed by atoms with Crippen molar-refractivity contribution in [1.82, 2.24) is 15.3 Å². The Bertz CT molecular complexity index is 629. The van der Waals surface area contributed by atoms with E-state index in [1.807, 2.05) is 44.4 Å². The van der Waals surface area contributed by atoms with Crippen molar-refractivity contribution >= 4 is 42.1 Å². The molecule has 3 N–H and O–H groups in total. The molecule has 0 radical (unpaired) electrons. The third kappa shape index (κ3) is 6.36. The monoisotopic (exact) mass is 390 g/mol. The van der Waals surface area contributed by atoms with Crippen LogP contribution in [0.1, 0.15) is 25.8 Å². The lowest BCUT2D eigenvalue weighted by atomic mass is 9.87. The molecule has 2 heterocycles. The highest BCUT2D eigenvalue weighted by Gasteiger charge is 2.26. The first-order chi connectivity index (χ1) is 10.4. The van der Waals surface area contributed by atoms with E-state index in [1.54, 1.807) is 17.5 Å². The third-order valence-electron chi connectivity index (χ3n) is 3.33. The molecule has 0 aromatic carbocycles. The Morgan fingerprint density at radius 2 is 2.00 bits per heavy atom. The second kappa shape index (κ2) is 9.93. The fourth-order valence-electron chi connectivity index (χ4n) is 1.85. The number of nitrogens with zero attached hydrogens (tertiary/aromatic N) is 2. The molecule has 2 aromatic heterocycles. The van der Waals surface area contributed by atoms with Crippen LogP contribution < -0.4 is 11.1 Å². The largest absolute Gasteiger partial charge is 0.354 e. The SMILES string of the molecule is CC(C)(C)[C@H](N)C(=O)NCCc1nc(-c2ccccn2)cs1.Cl.Cl. The first kappa shape index (κ1) is 22.8. The Morgan fingerprint density at radius 1 is 1.29 bits per heavy atom. The van der Waals surface area contributed by atoms with Crippen LogP contribution in [0, 0.1) is 5.41 Å². The van der Waals surface area contributed by atoms with Gasteiger partial charge in [-0.25, -0.2) is 4.98 Å². The Kier molecular flexibility index (Phi) is 9.43. The number of carbonyl (C=O) groups excluding carboxylic acids is 1. The number of aromatic nitrogens is 2. The van der Waals surface area contributed by atoms with Crippen LogP contribution in [0.4, 0.5) is 0 Å². The van der Waals surface area contributed by atoms with Gasteiger partial charge in [0.2, 0.25) is 5.91 Å². The molecule has 8 heteroatoms. The van der Waals surface area contributed by atoms with Gasteiger partial charge >= 0.3 is 0 Å². The quantitative estimate of drug-likeness (QED) is 0.821. The fraction of sp³-hybridized carbons (Fsp3) is 0.438. The summed E-state index contributed by atoms with van der Waals surface area (Å²) < 4.78 is 0. The lowest BCUT2D eigenvalue weighted by Gasteiger charge is -2.25. The summed E-state index contributed by atoms with van der Waals surface area (Å²) in [6.07, 6.45) is 2.45. The van der Waals surface area contributed by atoms with Crippen molar-refractivity contribution < 1.29 is 4.79 Å². The van der Waals surface area contributed by atoms with Gasteiger partial charge < -0.3 is 11.1 Å². The second-order valence-electron chi connectivity index (χ2n) is 6.23. The van der Waals surface area contributed by atoms with Gasteiger partial charge in [0.25, 0.3) is 0 Å². The maximum Gasteiger partial charge on any atom is 0.237 e. The zero-order valence-corrected chi connectivity index (χ0v) is 16.4. The van der Waals surface area contributed by atoms with Gasteiger partial charge in [0, 0.05) is 24.5 Å². The number of hydrogen-bond acceptors (Lipinski definition) is 5. The lowest BCUT2D eigenvalue weighted by Crippen LogP contribution is -2.48. The molecule has 134 valence electrons. The lowest BCUT2D eigenvalue weighted by molar-refractivity contribution is -0.124. The summed E-state index contributed by atoms with van der Waals surface area (Å²) in [6.45, 7) is 6.41. The summed E-state index contributed by atoms with van der Waals surface area (Å²) >= 11 is 1.58. The molecule has 0 bridgehead atoms. The number of nitrogens with one attached hydrogen (secondary N) is 1. The molecule has 2 aromatic rings. The van der Waals surface area contributed by atoms with Crippen molar-refractivity contribution in [3.63, 3.8) is 0 Å². The van der Waals surface area contributed by atoms with Crippen LogP contribution in [0.15, 0.2) is 29.8 Å². The molecule has 2 rings (SSSR count). The number of halogens is 2. The molecule has 0 spiro atoms. The zero-order valence-electron chi connectivity index (χ0n) is 14.0. The number of amides is 1. The van der Waals surface area contributed by atoms with Crippen molar-refractivity contribution in [1.29, 1.82) is 0 Å². The molecule has 1 atom stereocenters. The van der Waals surface area contributed by atoms with Crippen LogP contribution >= 0.6 is 36.2 Å². The van der Waals surface area contributed by atoms with Gasteiger partial charge in [-0.1, -0.05) is 26.8 Å². The summed E-state index contributed by atoms with van der Waals surface area (Å²) in [5.41, 5.74) is 7.42. The van der Waals surface area contributed by atoms with Gasteiger partial charge in [-0.2, -0.15) is 0 Å². The van der Waals surface area contributed by atoms with Gasteiger partial charge in [0.1, 0.15) is 0 Å². The molecule has 0 aliphatic heterocycles. The van der Waals surface area contributed by atoms with E-state index in [4.69, 9.17) is 5.73 Å². The van der Waals surface area contributed by atoms with Crippen molar-refractivity contribution in [2.24, 2.45) is 11.1 Å². The summed E-state index contributed by atoms with van der Waals surface area (Å²) in [4.78, 5) is 20.8. The van der Waals surface area contributed by atoms with E-state index in [-0.39, 0.29) is 36.1 Å². The van der Waals surface area contributed by atoms with Gasteiger partial charge in [0.15, 0.2) is 0 Å². The van der Waals surface area contributed by atoms with Gasteiger partial charge in [-0.05, 0) is 17.5 Å². The highest BCUT2D eigenvalue weighted by Crippen LogP contribution is 2.20. The molecular formula is C16H24Cl2N4OS. The molecule has 5 nitrogen and oxygen atoms in total. The van der Waals surface area contributed by atoms with E-state index in [9.17, 15) is 4.79 Å². The maximum atomic E-state index is 11.9. The summed E-state index contributed by atoms with van der Waals surface area (Å²) in [5, 5.41) is 5.84. The number of carbonyl (C=O) groups is 1. The standard InChI is InChI=1S/C16H22N4OS.2ClH/c1-16(2,3)14(17)15(21)19-9-7-13-20-12(10-22-13)11-6-4-5-8-18-11;;/h4-6,8,10,14H,7,9,17H2,1-3H3,(H,19,21);2*1H/t14-;;/m1../s1. The third-order valence-corrected chi connectivity index (χ3v) is 4.24. The average molecular weight is 391 g/mol. The topological polar surface area (TPSA) is 80.9 Å². The molecule has 0 fully saturated rings. The van der Waals surface area contributed by atoms with Crippen molar-refractivity contribution in [3.05, 3.63) is 34.8 Å². The van der Waals surface area contributed by atoms with Crippen LogP contribution in [0.5, 0.6) is 0 Å². The minimum absolute atomic E-state index is 0. The first-order valence-corrected chi connectivity index (χ1v) is 8.15. The highest BCUT2D eigenvalue weighted by atomic mass is 35.5. The number of thiazole rings is 1. The van der Waals surface area contributed by atoms with Crippen molar-refractivity contribution in [2.45, 2.75) is 33.2 Å². The highest BCUT2D eigenvalue weighted by molar-refractivity contribution is 7.09. The van der Waals surface area contributed by atoms with E-state index in [0.717, 1.165) is 16.4 Å². The Labute approximate surface area is 159 Å². The molecule has 0 aliphatic rings. The van der Waals surface area contributed by atoms with Crippen LogP contribution in [0.3, 0.4) is 0 Å². The fourth-order valence-corrected chi connectivity index (χ4v) is 2.65. The second-order valence-corrected chi connectivity index (χ2v) is 7.17. The Morgan fingerprint density at radius 3 is 2.58 bits per heavy atom. The van der Waals surface area contributed by atoms with Crippen LogP contribution in [0.25, 0.3) is 11.4 Å². The van der Waals surface area contributed by atoms with E-state index < -0.39 is 6.04 Å². The van der Waals surface area contributed by atoms with E-state index in [1.165, 1.54) is 0 Å². The van der Waals surface area contributed by atoms with Crippen molar-refractivity contribution in [3.8, 4) is 11.4 Å². The normalized spacial score (nSPS) is 11.8. The minimum atomic E-state index is -0.507. The molecule has 0 saturated heterocycles. The molecule has 0 saturated carbocycles. The molecule has 0 unspecified atom stereocenters.